The van der Waals surface area contributed by atoms with Crippen molar-refractivity contribution < 1.29 is 13.9 Å². The number of halogens is 1. The quantitative estimate of drug-likeness (QED) is 0.783. The zero-order valence-corrected chi connectivity index (χ0v) is 12.5. The monoisotopic (exact) mass is 303 g/mol. The highest BCUT2D eigenvalue weighted by Gasteiger charge is 2.38. The molecule has 6 heteroatoms. The fourth-order valence-electron chi connectivity index (χ4n) is 3.19. The summed E-state index contributed by atoms with van der Waals surface area (Å²) in [4.78, 5) is 16.7. The number of carbonyl (C=O) groups excluding carboxylic acids is 1. The van der Waals surface area contributed by atoms with Crippen molar-refractivity contribution in [3.8, 4) is 6.07 Å². The molecule has 0 aliphatic carbocycles. The number of hydrogen-bond acceptors (Lipinski definition) is 4. The molecule has 1 aromatic carbocycles. The Morgan fingerprint density at radius 1 is 1.45 bits per heavy atom. The van der Waals surface area contributed by atoms with Gasteiger partial charge in [0.1, 0.15) is 11.9 Å². The molecule has 0 N–H and O–H groups in total. The van der Waals surface area contributed by atoms with Gasteiger partial charge in [0.25, 0.3) is 5.91 Å². The van der Waals surface area contributed by atoms with Crippen molar-refractivity contribution in [2.45, 2.75) is 18.6 Å². The van der Waals surface area contributed by atoms with E-state index in [1.54, 1.807) is 11.0 Å². The van der Waals surface area contributed by atoms with Gasteiger partial charge >= 0.3 is 0 Å². The molecular weight excluding hydrogens is 285 g/mol. The highest BCUT2D eigenvalue weighted by Crippen LogP contribution is 2.24. The number of nitrogens with zero attached hydrogens (tertiary/aromatic N) is 3. The minimum atomic E-state index is -0.601. The Labute approximate surface area is 128 Å². The number of carbonyl (C=O) groups is 1. The first kappa shape index (κ1) is 14.9. The van der Waals surface area contributed by atoms with Crippen LogP contribution in [0.5, 0.6) is 0 Å². The van der Waals surface area contributed by atoms with Gasteiger partial charge in [-0.2, -0.15) is 5.26 Å². The molecule has 2 saturated heterocycles. The maximum absolute atomic E-state index is 13.4. The van der Waals surface area contributed by atoms with Crippen molar-refractivity contribution in [3.63, 3.8) is 0 Å². The maximum Gasteiger partial charge on any atom is 0.254 e. The Balaban J connectivity index is 1.86. The Kier molecular flexibility index (Phi) is 4.10. The van der Waals surface area contributed by atoms with Crippen LogP contribution >= 0.6 is 0 Å². The van der Waals surface area contributed by atoms with Gasteiger partial charge in [-0.05, 0) is 31.7 Å². The molecule has 5 nitrogen and oxygen atoms in total. The molecule has 3 rings (SSSR count). The van der Waals surface area contributed by atoms with Gasteiger partial charge < -0.3 is 14.5 Å². The number of likely N-dealkylation sites (tertiary alicyclic amines) is 1. The molecular formula is C16H18FN3O2. The number of ether oxygens (including phenoxy) is 1. The van der Waals surface area contributed by atoms with Crippen LogP contribution in [-0.4, -0.2) is 61.1 Å². The summed E-state index contributed by atoms with van der Waals surface area (Å²) >= 11 is 0. The fourth-order valence-corrected chi connectivity index (χ4v) is 3.19. The van der Waals surface area contributed by atoms with Crippen molar-refractivity contribution in [1.29, 1.82) is 5.26 Å². The maximum atomic E-state index is 13.4. The van der Waals surface area contributed by atoms with E-state index in [0.29, 0.717) is 18.7 Å². The lowest BCUT2D eigenvalue weighted by Gasteiger charge is -2.46. The average molecular weight is 303 g/mol. The van der Waals surface area contributed by atoms with Crippen molar-refractivity contribution in [2.24, 2.45) is 0 Å². The van der Waals surface area contributed by atoms with Crippen LogP contribution in [0, 0.1) is 17.1 Å². The molecule has 2 fully saturated rings. The first-order chi connectivity index (χ1) is 10.6. The van der Waals surface area contributed by atoms with Gasteiger partial charge in [-0.25, -0.2) is 4.39 Å². The Hall–Kier alpha value is -1.97. The number of fused-ring (bicyclic) bond motifs is 1. The topological polar surface area (TPSA) is 56.6 Å². The van der Waals surface area contributed by atoms with Crippen molar-refractivity contribution in [3.05, 3.63) is 35.1 Å². The number of amides is 1. The molecule has 2 atom stereocenters. The van der Waals surface area contributed by atoms with Gasteiger partial charge in [0.05, 0.1) is 24.3 Å². The third-order valence-corrected chi connectivity index (χ3v) is 4.38. The highest BCUT2D eigenvalue weighted by molar-refractivity contribution is 5.95. The molecule has 0 radical (unpaired) electrons. The lowest BCUT2D eigenvalue weighted by atomic mass is 9.98. The number of likely N-dealkylation sites (N-methyl/N-ethyl adjacent to an activating group) is 1. The highest BCUT2D eigenvalue weighted by atomic mass is 19.1. The van der Waals surface area contributed by atoms with Gasteiger partial charge in [0.15, 0.2) is 0 Å². The molecule has 2 heterocycles. The van der Waals surface area contributed by atoms with Crippen LogP contribution in [-0.2, 0) is 4.74 Å². The molecule has 2 aliphatic rings. The van der Waals surface area contributed by atoms with Crippen LogP contribution < -0.4 is 0 Å². The average Bonchev–Trinajstić information content (AvgIpc) is 2.54. The molecule has 0 unspecified atom stereocenters. The molecule has 22 heavy (non-hydrogen) atoms. The van der Waals surface area contributed by atoms with Gasteiger partial charge in [0.2, 0.25) is 0 Å². The number of piperidine rings is 1. The van der Waals surface area contributed by atoms with E-state index in [0.717, 1.165) is 19.5 Å². The summed E-state index contributed by atoms with van der Waals surface area (Å²) in [5.74, 6) is -0.763. The van der Waals surface area contributed by atoms with E-state index in [-0.39, 0.29) is 23.6 Å². The predicted molar refractivity (Wildman–Crippen MR) is 77.8 cm³/mol. The minimum Gasteiger partial charge on any atom is -0.374 e. The number of rotatable bonds is 1. The summed E-state index contributed by atoms with van der Waals surface area (Å²) in [6, 6.07) is 5.73. The largest absolute Gasteiger partial charge is 0.374 e. The van der Waals surface area contributed by atoms with Gasteiger partial charge in [-0.3, -0.25) is 4.79 Å². The lowest BCUT2D eigenvalue weighted by molar-refractivity contribution is -0.0869. The Bertz CT molecular complexity index is 628. The number of nitriles is 1. The fraction of sp³-hybridized carbons (Fsp3) is 0.500. The molecule has 1 aromatic rings. The van der Waals surface area contributed by atoms with E-state index >= 15 is 0 Å². The lowest BCUT2D eigenvalue weighted by Crippen LogP contribution is -2.60. The third-order valence-electron chi connectivity index (χ3n) is 4.38. The summed E-state index contributed by atoms with van der Waals surface area (Å²) < 4.78 is 19.2. The standard InChI is InChI=1S/C16H18FN3O2/c1-19-5-4-15-14(10-19)20(6-7-22-15)16(21)11-2-3-13(17)12(8-11)9-18/h2-3,8,14-15H,4-7,10H2,1H3/t14-,15+/m0/s1. The second-order valence-corrected chi connectivity index (χ2v) is 5.83. The van der Waals surface area contributed by atoms with Crippen LogP contribution in [0.1, 0.15) is 22.3 Å². The minimum absolute atomic E-state index is 0.00980. The van der Waals surface area contributed by atoms with Gasteiger partial charge in [-0.1, -0.05) is 0 Å². The van der Waals surface area contributed by atoms with Gasteiger partial charge in [-0.15, -0.1) is 0 Å². The molecule has 1 amide bonds. The van der Waals surface area contributed by atoms with E-state index < -0.39 is 5.82 Å². The van der Waals surface area contributed by atoms with Crippen molar-refractivity contribution in [1.82, 2.24) is 9.80 Å². The molecule has 0 spiro atoms. The second kappa shape index (κ2) is 6.03. The van der Waals surface area contributed by atoms with Crippen LogP contribution in [0.3, 0.4) is 0 Å². The predicted octanol–water partition coefficient (Wildman–Crippen LogP) is 1.24. The summed E-state index contributed by atoms with van der Waals surface area (Å²) in [5.41, 5.74) is 0.253. The summed E-state index contributed by atoms with van der Waals surface area (Å²) in [7, 11) is 2.03. The molecule has 0 aromatic heterocycles. The molecule has 2 aliphatic heterocycles. The van der Waals surface area contributed by atoms with E-state index in [4.69, 9.17) is 10.00 Å². The van der Waals surface area contributed by atoms with E-state index in [1.807, 2.05) is 7.05 Å². The summed E-state index contributed by atoms with van der Waals surface area (Å²) in [5, 5.41) is 8.92. The molecule has 0 bridgehead atoms. The van der Waals surface area contributed by atoms with Gasteiger partial charge in [0, 0.05) is 25.2 Å². The zero-order valence-electron chi connectivity index (χ0n) is 12.5. The van der Waals surface area contributed by atoms with Crippen LogP contribution in [0.4, 0.5) is 4.39 Å². The normalized spacial score (nSPS) is 25.4. The number of benzene rings is 1. The molecule has 116 valence electrons. The summed E-state index contributed by atoms with van der Waals surface area (Å²) in [6.45, 7) is 2.76. The van der Waals surface area contributed by atoms with E-state index in [1.165, 1.54) is 18.2 Å². The first-order valence-electron chi connectivity index (χ1n) is 7.41. The van der Waals surface area contributed by atoms with Crippen LogP contribution in [0.2, 0.25) is 0 Å². The van der Waals surface area contributed by atoms with Crippen molar-refractivity contribution >= 4 is 5.91 Å². The zero-order chi connectivity index (χ0) is 15.7. The van der Waals surface area contributed by atoms with Crippen LogP contribution in [0.25, 0.3) is 0 Å². The third kappa shape index (κ3) is 2.70. The Morgan fingerprint density at radius 3 is 3.05 bits per heavy atom. The first-order valence-corrected chi connectivity index (χ1v) is 7.41. The smallest absolute Gasteiger partial charge is 0.254 e. The second-order valence-electron chi connectivity index (χ2n) is 5.83. The van der Waals surface area contributed by atoms with E-state index in [9.17, 15) is 9.18 Å². The Morgan fingerprint density at radius 2 is 2.27 bits per heavy atom. The van der Waals surface area contributed by atoms with Crippen molar-refractivity contribution in [2.75, 3.05) is 33.3 Å². The SMILES string of the molecule is CN1CC[C@H]2OCCN(C(=O)c3ccc(F)c(C#N)c3)[C@H]2C1. The van der Waals surface area contributed by atoms with E-state index in [2.05, 4.69) is 4.90 Å². The number of hydrogen-bond donors (Lipinski definition) is 0. The molecule has 0 saturated carbocycles. The number of morpholine rings is 1. The summed E-state index contributed by atoms with van der Waals surface area (Å²) in [6.07, 6.45) is 0.961. The van der Waals surface area contributed by atoms with Crippen LogP contribution in [0.15, 0.2) is 18.2 Å².